The van der Waals surface area contributed by atoms with Crippen molar-refractivity contribution in [3.05, 3.63) is 200 Å². The van der Waals surface area contributed by atoms with Crippen LogP contribution in [-0.4, -0.2) is 0 Å². The van der Waals surface area contributed by atoms with Crippen molar-refractivity contribution in [2.75, 3.05) is 4.90 Å². The number of benzene rings is 9. The van der Waals surface area contributed by atoms with Crippen molar-refractivity contribution in [2.24, 2.45) is 0 Å². The quantitative estimate of drug-likeness (QED) is 0.176. The van der Waals surface area contributed by atoms with Crippen LogP contribution in [0.4, 0.5) is 17.1 Å². The molecule has 0 radical (unpaired) electrons. The van der Waals surface area contributed by atoms with E-state index in [-0.39, 0.29) is 0 Å². The summed E-state index contributed by atoms with van der Waals surface area (Å²) in [5.41, 5.74) is 12.5. The van der Waals surface area contributed by atoms with E-state index in [4.69, 9.17) is 4.74 Å². The fraction of sp³-hybridized carbons (Fsp3) is 0. The van der Waals surface area contributed by atoms with Crippen LogP contribution < -0.4 is 9.64 Å². The fourth-order valence-electron chi connectivity index (χ4n) is 8.33. The van der Waals surface area contributed by atoms with Crippen LogP contribution in [0.3, 0.4) is 0 Å². The molecule has 3 heteroatoms. The van der Waals surface area contributed by atoms with E-state index in [0.29, 0.717) is 0 Å². The van der Waals surface area contributed by atoms with Gasteiger partial charge in [0.1, 0.15) is 11.5 Å². The van der Waals surface area contributed by atoms with Crippen LogP contribution in [0, 0.1) is 0 Å². The monoisotopic (exact) mass is 719 g/mol. The van der Waals surface area contributed by atoms with Gasteiger partial charge in [0.25, 0.3) is 0 Å². The molecule has 0 unspecified atom stereocenters. The van der Waals surface area contributed by atoms with E-state index < -0.39 is 0 Å². The van der Waals surface area contributed by atoms with E-state index in [1.807, 2.05) is 11.3 Å². The van der Waals surface area contributed by atoms with Crippen molar-refractivity contribution >= 4 is 59.3 Å². The molecule has 2 heterocycles. The molecular formula is C52H33NOS. The highest BCUT2D eigenvalue weighted by Crippen LogP contribution is 2.54. The Labute approximate surface area is 323 Å². The summed E-state index contributed by atoms with van der Waals surface area (Å²) >= 11 is 1.87. The summed E-state index contributed by atoms with van der Waals surface area (Å²) in [5.74, 6) is 1.69. The molecule has 0 N–H and O–H groups in total. The second-order valence-electron chi connectivity index (χ2n) is 14.0. The van der Waals surface area contributed by atoms with Gasteiger partial charge in [0.15, 0.2) is 0 Å². The second-order valence-corrected chi connectivity index (χ2v) is 15.1. The van der Waals surface area contributed by atoms with Gasteiger partial charge in [0, 0.05) is 48.2 Å². The van der Waals surface area contributed by atoms with E-state index in [1.165, 1.54) is 58.8 Å². The smallest absolute Gasteiger partial charge is 0.137 e. The first-order chi connectivity index (χ1) is 27.3. The summed E-state index contributed by atoms with van der Waals surface area (Å²) in [7, 11) is 0. The number of ether oxygens (including phenoxy) is 1. The third kappa shape index (κ3) is 5.24. The van der Waals surface area contributed by atoms with Gasteiger partial charge < -0.3 is 9.64 Å². The molecule has 55 heavy (non-hydrogen) atoms. The van der Waals surface area contributed by atoms with Crippen LogP contribution in [0.1, 0.15) is 0 Å². The molecule has 0 saturated heterocycles. The molecule has 0 atom stereocenters. The summed E-state index contributed by atoms with van der Waals surface area (Å²) in [5, 5.41) is 5.01. The maximum absolute atomic E-state index is 6.89. The summed E-state index contributed by atoms with van der Waals surface area (Å²) in [6.07, 6.45) is 0. The summed E-state index contributed by atoms with van der Waals surface area (Å²) in [6.45, 7) is 0. The Morgan fingerprint density at radius 2 is 0.982 bits per heavy atom. The van der Waals surface area contributed by atoms with Crippen molar-refractivity contribution in [1.29, 1.82) is 0 Å². The van der Waals surface area contributed by atoms with Gasteiger partial charge >= 0.3 is 0 Å². The molecule has 0 fully saturated rings. The number of thiophene rings is 1. The minimum atomic E-state index is 0.832. The first kappa shape index (κ1) is 31.6. The van der Waals surface area contributed by atoms with E-state index in [1.54, 1.807) is 0 Å². The molecule has 10 aromatic rings. The average Bonchev–Trinajstić information content (AvgIpc) is 3.56. The Morgan fingerprint density at radius 3 is 1.82 bits per heavy atom. The molecular weight excluding hydrogens is 687 g/mol. The van der Waals surface area contributed by atoms with E-state index in [2.05, 4.69) is 205 Å². The molecule has 1 aliphatic heterocycles. The van der Waals surface area contributed by atoms with E-state index in [9.17, 15) is 0 Å². The lowest BCUT2D eigenvalue weighted by atomic mass is 9.88. The van der Waals surface area contributed by atoms with Crippen LogP contribution in [0.15, 0.2) is 200 Å². The van der Waals surface area contributed by atoms with Gasteiger partial charge in [-0.2, -0.15) is 0 Å². The van der Waals surface area contributed by atoms with Gasteiger partial charge in [-0.15, -0.1) is 11.3 Å². The first-order valence-electron chi connectivity index (χ1n) is 18.7. The number of hydrogen-bond donors (Lipinski definition) is 0. The Balaban J connectivity index is 1.13. The second kappa shape index (κ2) is 12.9. The predicted molar refractivity (Wildman–Crippen MR) is 233 cm³/mol. The highest BCUT2D eigenvalue weighted by molar-refractivity contribution is 7.26. The van der Waals surface area contributed by atoms with Gasteiger partial charge in [-0.05, 0) is 87.1 Å². The maximum Gasteiger partial charge on any atom is 0.137 e. The highest BCUT2D eigenvalue weighted by Gasteiger charge is 2.28. The van der Waals surface area contributed by atoms with Gasteiger partial charge in [0.05, 0.1) is 5.69 Å². The Bertz CT molecular complexity index is 3050. The van der Waals surface area contributed by atoms with Gasteiger partial charge in [-0.3, -0.25) is 0 Å². The number of rotatable bonds is 5. The maximum atomic E-state index is 6.89. The van der Waals surface area contributed by atoms with Crippen LogP contribution in [0.2, 0.25) is 0 Å². The van der Waals surface area contributed by atoms with Crippen LogP contribution >= 0.6 is 11.3 Å². The summed E-state index contributed by atoms with van der Waals surface area (Å²) in [4.78, 5) is 2.39. The normalized spacial score (nSPS) is 11.8. The zero-order chi connectivity index (χ0) is 36.3. The molecule has 0 saturated carbocycles. The molecule has 1 aliphatic rings. The minimum absolute atomic E-state index is 0.832. The topological polar surface area (TPSA) is 12.5 Å². The first-order valence-corrected chi connectivity index (χ1v) is 19.5. The zero-order valence-corrected chi connectivity index (χ0v) is 30.6. The molecule has 0 amide bonds. The lowest BCUT2D eigenvalue weighted by Crippen LogP contribution is -2.11. The number of nitrogens with zero attached hydrogens (tertiary/aromatic N) is 1. The van der Waals surface area contributed by atoms with Crippen molar-refractivity contribution in [1.82, 2.24) is 0 Å². The SMILES string of the molecule is c1ccc(-c2ccc(N(c3ccc(-c4cccc5c4sc4ccccc45)cc3)c3cccc4c3-c3c(ccc5ccccc35)-c3ccccc3O4)cc2)cc1. The molecule has 258 valence electrons. The Morgan fingerprint density at radius 1 is 0.364 bits per heavy atom. The number of fused-ring (bicyclic) bond motifs is 10. The summed E-state index contributed by atoms with van der Waals surface area (Å²) in [6, 6.07) is 72.0. The highest BCUT2D eigenvalue weighted by atomic mass is 32.1. The molecule has 2 nitrogen and oxygen atoms in total. The van der Waals surface area contributed by atoms with E-state index in [0.717, 1.165) is 45.3 Å². The third-order valence-electron chi connectivity index (χ3n) is 10.9. The van der Waals surface area contributed by atoms with Crippen molar-refractivity contribution < 1.29 is 4.74 Å². The fourth-order valence-corrected chi connectivity index (χ4v) is 9.57. The number of para-hydroxylation sites is 1. The van der Waals surface area contributed by atoms with Crippen LogP contribution in [0.5, 0.6) is 11.5 Å². The molecule has 1 aromatic heterocycles. The number of hydrogen-bond acceptors (Lipinski definition) is 3. The lowest BCUT2D eigenvalue weighted by Gasteiger charge is -2.29. The van der Waals surface area contributed by atoms with E-state index >= 15 is 0 Å². The zero-order valence-electron chi connectivity index (χ0n) is 29.8. The van der Waals surface area contributed by atoms with Crippen LogP contribution in [-0.2, 0) is 0 Å². The predicted octanol–water partition coefficient (Wildman–Crippen LogP) is 15.5. The van der Waals surface area contributed by atoms with Crippen molar-refractivity contribution in [2.45, 2.75) is 0 Å². The molecule has 11 rings (SSSR count). The van der Waals surface area contributed by atoms with Gasteiger partial charge in [-0.1, -0.05) is 152 Å². The van der Waals surface area contributed by atoms with Gasteiger partial charge in [0.2, 0.25) is 0 Å². The molecule has 0 spiro atoms. The van der Waals surface area contributed by atoms with Crippen molar-refractivity contribution in [3.8, 4) is 56.0 Å². The molecule has 0 aliphatic carbocycles. The summed E-state index contributed by atoms with van der Waals surface area (Å²) < 4.78 is 9.52. The standard InChI is InChI=1S/C52H33NOS/c1-2-12-34(13-3-1)35-24-29-38(30-25-35)53(39-31-26-37(27-32-39)41-18-10-19-45-43-17-7-9-23-49(43)55-52(41)45)46-20-11-22-48-51(46)50-40-15-5-4-14-36(40)28-33-44(50)42-16-6-8-21-47(42)54-48/h1-33H. The largest absolute Gasteiger partial charge is 0.456 e. The lowest BCUT2D eigenvalue weighted by molar-refractivity contribution is 0.488. The Kier molecular flexibility index (Phi) is 7.39. The van der Waals surface area contributed by atoms with Crippen molar-refractivity contribution in [3.63, 3.8) is 0 Å². The minimum Gasteiger partial charge on any atom is -0.456 e. The van der Waals surface area contributed by atoms with Crippen LogP contribution in [0.25, 0.3) is 75.5 Å². The molecule has 0 bridgehead atoms. The molecule has 9 aromatic carbocycles. The average molecular weight is 720 g/mol. The number of anilines is 3. The third-order valence-corrected chi connectivity index (χ3v) is 12.1. The Hall–Kier alpha value is -6.94. The van der Waals surface area contributed by atoms with Gasteiger partial charge in [-0.25, -0.2) is 0 Å².